The van der Waals surface area contributed by atoms with Crippen LogP contribution in [0, 0.1) is 17.1 Å². The molecule has 3 aromatic rings. The first kappa shape index (κ1) is 18.4. The van der Waals surface area contributed by atoms with Gasteiger partial charge in [-0.1, -0.05) is 11.6 Å². The molecule has 0 aliphatic carbocycles. The average molecular weight is 384 g/mol. The van der Waals surface area contributed by atoms with Gasteiger partial charge >= 0.3 is 0 Å². The number of benzene rings is 2. The predicted molar refractivity (Wildman–Crippen MR) is 104 cm³/mol. The fourth-order valence-electron chi connectivity index (χ4n) is 2.51. The smallest absolute Gasteiger partial charge is 0.239 e. The molecular weight excluding hydrogens is 369 g/mol. The molecule has 0 saturated carbocycles. The van der Waals surface area contributed by atoms with E-state index in [2.05, 4.69) is 27.0 Å². The molecule has 0 aliphatic heterocycles. The minimum absolute atomic E-state index is 0.0233. The van der Waals surface area contributed by atoms with Gasteiger partial charge in [-0.15, -0.1) is 0 Å². The van der Waals surface area contributed by atoms with Gasteiger partial charge in [0.1, 0.15) is 11.9 Å². The highest BCUT2D eigenvalue weighted by molar-refractivity contribution is 6.31. The summed E-state index contributed by atoms with van der Waals surface area (Å²) >= 11 is 5.84. The van der Waals surface area contributed by atoms with Gasteiger partial charge in [0.05, 0.1) is 28.3 Å². The van der Waals surface area contributed by atoms with Crippen LogP contribution in [0.5, 0.6) is 0 Å². The van der Waals surface area contributed by atoms with Crippen LogP contribution in [0.3, 0.4) is 0 Å². The maximum absolute atomic E-state index is 13.4. The zero-order chi connectivity index (χ0) is 19.4. The van der Waals surface area contributed by atoms with Gasteiger partial charge in [-0.05, 0) is 36.4 Å². The minimum atomic E-state index is -0.525. The lowest BCUT2D eigenvalue weighted by atomic mass is 10.1. The molecule has 0 fully saturated rings. The van der Waals surface area contributed by atoms with Crippen LogP contribution in [0.1, 0.15) is 5.56 Å². The molecule has 0 atom stereocenters. The minimum Gasteiger partial charge on any atom is -0.376 e. The van der Waals surface area contributed by atoms with Gasteiger partial charge in [-0.2, -0.15) is 5.26 Å². The number of aromatic nitrogens is 1. The van der Waals surface area contributed by atoms with Gasteiger partial charge in [0.15, 0.2) is 0 Å². The molecule has 3 rings (SSSR count). The Kier molecular flexibility index (Phi) is 5.38. The number of nitrogens with zero attached hydrogens (tertiary/aromatic N) is 2. The van der Waals surface area contributed by atoms with Crippen LogP contribution in [0.25, 0.3) is 10.9 Å². The van der Waals surface area contributed by atoms with E-state index >= 15 is 0 Å². The van der Waals surface area contributed by atoms with E-state index in [1.807, 2.05) is 0 Å². The Morgan fingerprint density at radius 2 is 2.04 bits per heavy atom. The van der Waals surface area contributed by atoms with Gasteiger partial charge in [0.25, 0.3) is 0 Å². The molecule has 0 aliphatic rings. The van der Waals surface area contributed by atoms with Gasteiger partial charge in [-0.3, -0.25) is 9.78 Å². The summed E-state index contributed by atoms with van der Waals surface area (Å²) in [5.74, 6) is -0.679. The summed E-state index contributed by atoms with van der Waals surface area (Å²) in [7, 11) is 1.56. The van der Waals surface area contributed by atoms with E-state index in [-0.39, 0.29) is 17.5 Å². The summed E-state index contributed by atoms with van der Waals surface area (Å²) in [4.78, 5) is 15.7. The van der Waals surface area contributed by atoms with Crippen molar-refractivity contribution in [2.75, 3.05) is 24.2 Å². The summed E-state index contributed by atoms with van der Waals surface area (Å²) in [6.45, 7) is 0.115. The van der Waals surface area contributed by atoms with E-state index < -0.39 is 5.82 Å². The summed E-state index contributed by atoms with van der Waals surface area (Å²) in [5.41, 5.74) is 2.74. The number of carbonyl (C=O) groups excluding carboxylic acids is 1. The van der Waals surface area contributed by atoms with Gasteiger partial charge in [0.2, 0.25) is 5.91 Å². The standard InChI is InChI=1S/C19H15ClFN5O/c1-23-18(27)10-24-12-3-5-17-14(6-12)19(11(8-22)9-25-17)26-13-2-4-16(21)15(20)7-13/h2-7,9,24H,10H2,1H3,(H,23,27)(H,25,26). The van der Waals surface area contributed by atoms with Crippen molar-refractivity contribution in [1.82, 2.24) is 10.3 Å². The van der Waals surface area contributed by atoms with Crippen LogP contribution >= 0.6 is 11.6 Å². The molecule has 27 heavy (non-hydrogen) atoms. The zero-order valence-electron chi connectivity index (χ0n) is 14.3. The van der Waals surface area contributed by atoms with Crippen molar-refractivity contribution in [1.29, 1.82) is 5.26 Å². The third-order valence-corrected chi connectivity index (χ3v) is 4.20. The van der Waals surface area contributed by atoms with E-state index in [1.54, 1.807) is 25.2 Å². The van der Waals surface area contributed by atoms with E-state index in [0.29, 0.717) is 33.5 Å². The summed E-state index contributed by atoms with van der Waals surface area (Å²) in [6.07, 6.45) is 1.47. The van der Waals surface area contributed by atoms with Crippen LogP contribution in [0.4, 0.5) is 21.5 Å². The molecule has 0 unspecified atom stereocenters. The molecule has 6 nitrogen and oxygen atoms in total. The molecule has 0 bridgehead atoms. The number of hydrogen-bond donors (Lipinski definition) is 3. The van der Waals surface area contributed by atoms with Crippen molar-refractivity contribution in [2.45, 2.75) is 0 Å². The fraction of sp³-hybridized carbons (Fsp3) is 0.105. The normalized spacial score (nSPS) is 10.3. The first-order valence-electron chi connectivity index (χ1n) is 8.01. The second-order valence-corrected chi connectivity index (χ2v) is 6.08. The van der Waals surface area contributed by atoms with Gasteiger partial charge < -0.3 is 16.0 Å². The summed E-state index contributed by atoms with van der Waals surface area (Å²) in [5, 5.41) is 18.8. The van der Waals surface area contributed by atoms with Crippen molar-refractivity contribution in [3.63, 3.8) is 0 Å². The largest absolute Gasteiger partial charge is 0.376 e. The van der Waals surface area contributed by atoms with Crippen molar-refractivity contribution in [3.05, 3.63) is 59.0 Å². The fourth-order valence-corrected chi connectivity index (χ4v) is 2.69. The average Bonchev–Trinajstić information content (AvgIpc) is 2.69. The quantitative estimate of drug-likeness (QED) is 0.623. The van der Waals surface area contributed by atoms with Crippen LogP contribution in [-0.2, 0) is 4.79 Å². The number of likely N-dealkylation sites (N-methyl/N-ethyl adjacent to an activating group) is 1. The molecule has 136 valence electrons. The Balaban J connectivity index is 2.03. The number of fused-ring (bicyclic) bond motifs is 1. The maximum atomic E-state index is 13.4. The van der Waals surface area contributed by atoms with E-state index in [9.17, 15) is 14.4 Å². The lowest BCUT2D eigenvalue weighted by Crippen LogP contribution is -2.26. The Labute approximate surface area is 160 Å². The highest BCUT2D eigenvalue weighted by atomic mass is 35.5. The van der Waals surface area contributed by atoms with Crippen LogP contribution in [0.2, 0.25) is 5.02 Å². The molecule has 1 amide bonds. The molecule has 0 saturated heterocycles. The number of nitrogens with one attached hydrogen (secondary N) is 3. The number of anilines is 3. The lowest BCUT2D eigenvalue weighted by Gasteiger charge is -2.13. The number of halogens is 2. The molecular formula is C19H15ClFN5O. The third kappa shape index (κ3) is 4.07. The second-order valence-electron chi connectivity index (χ2n) is 5.67. The topological polar surface area (TPSA) is 89.8 Å². The molecule has 0 radical (unpaired) electrons. The Morgan fingerprint density at radius 3 is 2.74 bits per heavy atom. The first-order valence-corrected chi connectivity index (χ1v) is 8.39. The Morgan fingerprint density at radius 1 is 1.26 bits per heavy atom. The number of amides is 1. The van der Waals surface area contributed by atoms with Gasteiger partial charge in [0, 0.05) is 30.0 Å². The van der Waals surface area contributed by atoms with Crippen molar-refractivity contribution >= 4 is 45.5 Å². The van der Waals surface area contributed by atoms with Gasteiger partial charge in [-0.25, -0.2) is 4.39 Å². The monoisotopic (exact) mass is 383 g/mol. The summed E-state index contributed by atoms with van der Waals surface area (Å²) < 4.78 is 13.4. The SMILES string of the molecule is CNC(=O)CNc1ccc2ncc(C#N)c(Nc3ccc(F)c(Cl)c3)c2c1. The number of nitriles is 1. The predicted octanol–water partition coefficient (Wildman–Crippen LogP) is 3.80. The Hall–Kier alpha value is -3.37. The van der Waals surface area contributed by atoms with Crippen LogP contribution in [0.15, 0.2) is 42.6 Å². The molecule has 0 spiro atoms. The zero-order valence-corrected chi connectivity index (χ0v) is 15.1. The molecule has 1 aromatic heterocycles. The van der Waals surface area contributed by atoms with Crippen LogP contribution in [-0.4, -0.2) is 24.5 Å². The second kappa shape index (κ2) is 7.89. The molecule has 8 heteroatoms. The molecule has 3 N–H and O–H groups in total. The molecule has 2 aromatic carbocycles. The number of rotatable bonds is 5. The highest BCUT2D eigenvalue weighted by Crippen LogP contribution is 2.31. The number of carbonyl (C=O) groups is 1. The van der Waals surface area contributed by atoms with Crippen molar-refractivity contribution in [2.24, 2.45) is 0 Å². The Bertz CT molecular complexity index is 1060. The molecule has 1 heterocycles. The number of pyridine rings is 1. The lowest BCUT2D eigenvalue weighted by molar-refractivity contribution is -0.118. The van der Waals surface area contributed by atoms with E-state index in [4.69, 9.17) is 11.6 Å². The first-order chi connectivity index (χ1) is 13.0. The van der Waals surface area contributed by atoms with E-state index in [1.165, 1.54) is 24.4 Å². The number of hydrogen-bond acceptors (Lipinski definition) is 5. The van der Waals surface area contributed by atoms with Crippen LogP contribution < -0.4 is 16.0 Å². The van der Waals surface area contributed by atoms with Crippen molar-refractivity contribution in [3.8, 4) is 6.07 Å². The third-order valence-electron chi connectivity index (χ3n) is 3.91. The highest BCUT2D eigenvalue weighted by Gasteiger charge is 2.11. The maximum Gasteiger partial charge on any atom is 0.239 e. The van der Waals surface area contributed by atoms with E-state index in [0.717, 1.165) is 0 Å². The van der Waals surface area contributed by atoms with Crippen molar-refractivity contribution < 1.29 is 9.18 Å². The summed E-state index contributed by atoms with van der Waals surface area (Å²) in [6, 6.07) is 11.7.